The van der Waals surface area contributed by atoms with E-state index in [4.69, 9.17) is 32.7 Å². The lowest BCUT2D eigenvalue weighted by atomic mass is 10.3. The van der Waals surface area contributed by atoms with E-state index >= 15 is 0 Å². The number of benzene rings is 2. The van der Waals surface area contributed by atoms with Crippen LogP contribution in [0.15, 0.2) is 48.5 Å². The first kappa shape index (κ1) is 16.0. The summed E-state index contributed by atoms with van der Waals surface area (Å²) >= 11 is 11.6. The third-order valence-corrected chi connectivity index (χ3v) is 3.23. The van der Waals surface area contributed by atoms with Crippen molar-refractivity contribution in [3.8, 4) is 11.5 Å². The van der Waals surface area contributed by atoms with Gasteiger partial charge in [-0.1, -0.05) is 23.2 Å². The minimum absolute atomic E-state index is 0.600. The second-order valence-corrected chi connectivity index (χ2v) is 5.23. The van der Waals surface area contributed by atoms with E-state index in [2.05, 4.69) is 5.32 Å². The van der Waals surface area contributed by atoms with Crippen molar-refractivity contribution in [3.05, 3.63) is 58.6 Å². The minimum Gasteiger partial charge on any atom is -0.492 e. The number of ether oxygens (including phenoxy) is 2. The van der Waals surface area contributed by atoms with Crippen LogP contribution in [0.25, 0.3) is 0 Å². The Morgan fingerprint density at radius 1 is 0.667 bits per heavy atom. The first-order chi connectivity index (χ1) is 10.2. The van der Waals surface area contributed by atoms with Gasteiger partial charge in [-0.05, 0) is 48.5 Å². The standard InChI is InChI=1S/C16H17Cl2NO2/c17-13-1-5-15(6-2-13)20-11-9-19-10-12-21-16-7-3-14(18)4-8-16/h1-8,19H,9-12H2. The molecular formula is C16H17Cl2NO2. The van der Waals surface area contributed by atoms with E-state index in [9.17, 15) is 0 Å². The van der Waals surface area contributed by atoms with Gasteiger partial charge in [0.1, 0.15) is 24.7 Å². The molecule has 0 bridgehead atoms. The quantitative estimate of drug-likeness (QED) is 0.743. The lowest BCUT2D eigenvalue weighted by Crippen LogP contribution is -2.25. The van der Waals surface area contributed by atoms with Crippen molar-refractivity contribution in [2.24, 2.45) is 0 Å². The Kier molecular flexibility index (Phi) is 6.67. The topological polar surface area (TPSA) is 30.5 Å². The van der Waals surface area contributed by atoms with E-state index in [0.29, 0.717) is 23.3 Å². The Hall–Kier alpha value is -1.42. The second-order valence-electron chi connectivity index (χ2n) is 4.35. The van der Waals surface area contributed by atoms with E-state index in [1.165, 1.54) is 0 Å². The lowest BCUT2D eigenvalue weighted by Gasteiger charge is -2.09. The molecule has 2 rings (SSSR count). The van der Waals surface area contributed by atoms with Crippen molar-refractivity contribution >= 4 is 23.2 Å². The van der Waals surface area contributed by atoms with Gasteiger partial charge in [0.25, 0.3) is 0 Å². The second kappa shape index (κ2) is 8.78. The predicted octanol–water partition coefficient (Wildman–Crippen LogP) is 4.04. The Labute approximate surface area is 134 Å². The molecular weight excluding hydrogens is 309 g/mol. The SMILES string of the molecule is Clc1ccc(OCCNCCOc2ccc(Cl)cc2)cc1. The molecule has 0 atom stereocenters. The van der Waals surface area contributed by atoms with Crippen LogP contribution in [0.5, 0.6) is 11.5 Å². The molecule has 2 aromatic carbocycles. The van der Waals surface area contributed by atoms with Gasteiger partial charge in [-0.3, -0.25) is 0 Å². The van der Waals surface area contributed by atoms with Crippen LogP contribution < -0.4 is 14.8 Å². The molecule has 0 saturated heterocycles. The maximum absolute atomic E-state index is 5.80. The van der Waals surface area contributed by atoms with E-state index in [1.54, 1.807) is 0 Å². The zero-order chi connectivity index (χ0) is 14.9. The summed E-state index contributed by atoms with van der Waals surface area (Å²) in [5.74, 6) is 1.64. The number of hydrogen-bond donors (Lipinski definition) is 1. The molecule has 0 radical (unpaired) electrons. The minimum atomic E-state index is 0.600. The van der Waals surface area contributed by atoms with E-state index in [1.807, 2.05) is 48.5 Å². The fraction of sp³-hybridized carbons (Fsp3) is 0.250. The Morgan fingerprint density at radius 3 is 1.43 bits per heavy atom. The van der Waals surface area contributed by atoms with Crippen LogP contribution in [0.2, 0.25) is 10.0 Å². The first-order valence-electron chi connectivity index (χ1n) is 6.71. The van der Waals surface area contributed by atoms with Crippen molar-refractivity contribution in [1.82, 2.24) is 5.32 Å². The van der Waals surface area contributed by atoms with Gasteiger partial charge in [0, 0.05) is 23.1 Å². The fourth-order valence-corrected chi connectivity index (χ4v) is 1.92. The Bertz CT molecular complexity index is 479. The summed E-state index contributed by atoms with van der Waals surface area (Å²) in [4.78, 5) is 0. The highest BCUT2D eigenvalue weighted by Crippen LogP contribution is 2.15. The van der Waals surface area contributed by atoms with Crippen LogP contribution in [0, 0.1) is 0 Å². The molecule has 3 nitrogen and oxygen atoms in total. The van der Waals surface area contributed by atoms with Crippen LogP contribution in [0.1, 0.15) is 0 Å². The number of rotatable bonds is 8. The van der Waals surface area contributed by atoms with E-state index < -0.39 is 0 Å². The molecule has 0 aliphatic carbocycles. The maximum atomic E-state index is 5.80. The van der Waals surface area contributed by atoms with Crippen LogP contribution in [-0.4, -0.2) is 26.3 Å². The lowest BCUT2D eigenvalue weighted by molar-refractivity contribution is 0.289. The Morgan fingerprint density at radius 2 is 1.05 bits per heavy atom. The molecule has 1 N–H and O–H groups in total. The molecule has 0 fully saturated rings. The number of nitrogens with one attached hydrogen (secondary N) is 1. The molecule has 0 aliphatic rings. The molecule has 0 aromatic heterocycles. The monoisotopic (exact) mass is 325 g/mol. The van der Waals surface area contributed by atoms with Crippen molar-refractivity contribution in [2.75, 3.05) is 26.3 Å². The molecule has 2 aromatic rings. The van der Waals surface area contributed by atoms with E-state index in [0.717, 1.165) is 24.6 Å². The van der Waals surface area contributed by atoms with Crippen molar-refractivity contribution in [1.29, 1.82) is 0 Å². The Balaban J connectivity index is 1.52. The van der Waals surface area contributed by atoms with Gasteiger partial charge in [0.2, 0.25) is 0 Å². The third kappa shape index (κ3) is 6.25. The first-order valence-corrected chi connectivity index (χ1v) is 7.47. The zero-order valence-electron chi connectivity index (χ0n) is 11.5. The number of hydrogen-bond acceptors (Lipinski definition) is 3. The normalized spacial score (nSPS) is 10.4. The summed E-state index contributed by atoms with van der Waals surface area (Å²) < 4.78 is 11.1. The van der Waals surface area contributed by atoms with Crippen LogP contribution in [-0.2, 0) is 0 Å². The van der Waals surface area contributed by atoms with Crippen LogP contribution in [0.4, 0.5) is 0 Å². The van der Waals surface area contributed by atoms with Gasteiger partial charge in [-0.15, -0.1) is 0 Å². The van der Waals surface area contributed by atoms with E-state index in [-0.39, 0.29) is 0 Å². The molecule has 0 unspecified atom stereocenters. The number of halogens is 2. The predicted molar refractivity (Wildman–Crippen MR) is 86.8 cm³/mol. The average molecular weight is 326 g/mol. The molecule has 0 heterocycles. The van der Waals surface area contributed by atoms with Crippen molar-refractivity contribution in [3.63, 3.8) is 0 Å². The summed E-state index contributed by atoms with van der Waals surface area (Å²) in [5.41, 5.74) is 0. The molecule has 112 valence electrons. The molecule has 21 heavy (non-hydrogen) atoms. The fourth-order valence-electron chi connectivity index (χ4n) is 1.67. The van der Waals surface area contributed by atoms with Gasteiger partial charge in [0.05, 0.1) is 0 Å². The van der Waals surface area contributed by atoms with Gasteiger partial charge in [-0.25, -0.2) is 0 Å². The highest BCUT2D eigenvalue weighted by molar-refractivity contribution is 6.30. The van der Waals surface area contributed by atoms with Crippen LogP contribution in [0.3, 0.4) is 0 Å². The molecule has 5 heteroatoms. The van der Waals surface area contributed by atoms with Crippen LogP contribution >= 0.6 is 23.2 Å². The molecule has 0 saturated carbocycles. The summed E-state index contributed by atoms with van der Waals surface area (Å²) in [6.45, 7) is 2.71. The summed E-state index contributed by atoms with van der Waals surface area (Å²) in [5, 5.41) is 4.66. The van der Waals surface area contributed by atoms with Gasteiger partial charge in [-0.2, -0.15) is 0 Å². The molecule has 0 spiro atoms. The van der Waals surface area contributed by atoms with Crippen molar-refractivity contribution < 1.29 is 9.47 Å². The molecule has 0 aliphatic heterocycles. The van der Waals surface area contributed by atoms with Gasteiger partial charge < -0.3 is 14.8 Å². The average Bonchev–Trinajstić information content (AvgIpc) is 2.50. The van der Waals surface area contributed by atoms with Crippen molar-refractivity contribution in [2.45, 2.75) is 0 Å². The highest BCUT2D eigenvalue weighted by atomic mass is 35.5. The highest BCUT2D eigenvalue weighted by Gasteiger charge is 1.95. The smallest absolute Gasteiger partial charge is 0.119 e. The maximum Gasteiger partial charge on any atom is 0.119 e. The largest absolute Gasteiger partial charge is 0.492 e. The molecule has 0 amide bonds. The third-order valence-electron chi connectivity index (χ3n) is 2.72. The summed E-state index contributed by atoms with van der Waals surface area (Å²) in [6.07, 6.45) is 0. The van der Waals surface area contributed by atoms with Gasteiger partial charge >= 0.3 is 0 Å². The zero-order valence-corrected chi connectivity index (χ0v) is 13.0. The summed E-state index contributed by atoms with van der Waals surface area (Å²) in [6, 6.07) is 14.7. The summed E-state index contributed by atoms with van der Waals surface area (Å²) in [7, 11) is 0. The van der Waals surface area contributed by atoms with Gasteiger partial charge in [0.15, 0.2) is 0 Å².